The summed E-state index contributed by atoms with van der Waals surface area (Å²) in [5.41, 5.74) is 1.08. The Morgan fingerprint density at radius 1 is 1.17 bits per heavy atom. The van der Waals surface area contributed by atoms with Crippen LogP contribution in [-0.2, 0) is 16.1 Å². The standard InChI is InChI=1S/C18H30N4O2/c1-15(2)14-24-11-7-10-20-18(19-3)22-13-17(23)21-12-16-8-5-4-6-9-16/h4-6,8-9,15H,7,10-14H2,1-3H3,(H,21,23)(H2,19,20,22). The van der Waals surface area contributed by atoms with E-state index in [1.807, 2.05) is 30.3 Å². The van der Waals surface area contributed by atoms with Crippen LogP contribution in [-0.4, -0.2) is 45.2 Å². The Morgan fingerprint density at radius 2 is 1.92 bits per heavy atom. The van der Waals surface area contributed by atoms with Crippen molar-refractivity contribution in [2.75, 3.05) is 33.4 Å². The second kappa shape index (κ2) is 12.4. The number of aliphatic imine (C=N–C) groups is 1. The summed E-state index contributed by atoms with van der Waals surface area (Å²) in [6.45, 7) is 7.24. The van der Waals surface area contributed by atoms with Crippen molar-refractivity contribution in [2.45, 2.75) is 26.8 Å². The average molecular weight is 334 g/mol. The van der Waals surface area contributed by atoms with Crippen LogP contribution in [0.1, 0.15) is 25.8 Å². The lowest BCUT2D eigenvalue weighted by molar-refractivity contribution is -0.120. The molecule has 0 aliphatic carbocycles. The molecule has 6 nitrogen and oxygen atoms in total. The van der Waals surface area contributed by atoms with Gasteiger partial charge in [0.1, 0.15) is 0 Å². The van der Waals surface area contributed by atoms with Gasteiger partial charge in [-0.05, 0) is 17.9 Å². The molecule has 0 saturated heterocycles. The first-order valence-electron chi connectivity index (χ1n) is 8.44. The molecular formula is C18H30N4O2. The lowest BCUT2D eigenvalue weighted by Gasteiger charge is -2.12. The van der Waals surface area contributed by atoms with Crippen LogP contribution in [0.4, 0.5) is 0 Å². The van der Waals surface area contributed by atoms with Gasteiger partial charge in [-0.2, -0.15) is 0 Å². The monoisotopic (exact) mass is 334 g/mol. The molecule has 0 spiro atoms. The molecule has 0 fully saturated rings. The molecule has 3 N–H and O–H groups in total. The van der Waals surface area contributed by atoms with Crippen molar-refractivity contribution in [3.05, 3.63) is 35.9 Å². The van der Waals surface area contributed by atoms with Crippen molar-refractivity contribution in [1.82, 2.24) is 16.0 Å². The van der Waals surface area contributed by atoms with E-state index in [0.29, 0.717) is 18.4 Å². The molecule has 0 aliphatic rings. The summed E-state index contributed by atoms with van der Waals surface area (Å²) in [5.74, 6) is 1.11. The van der Waals surface area contributed by atoms with E-state index in [1.54, 1.807) is 7.05 Å². The summed E-state index contributed by atoms with van der Waals surface area (Å²) in [5, 5.41) is 9.03. The van der Waals surface area contributed by atoms with E-state index in [2.05, 4.69) is 34.8 Å². The molecule has 1 amide bonds. The van der Waals surface area contributed by atoms with Crippen molar-refractivity contribution < 1.29 is 9.53 Å². The van der Waals surface area contributed by atoms with Crippen LogP contribution < -0.4 is 16.0 Å². The Labute approximate surface area is 145 Å². The number of carbonyl (C=O) groups is 1. The van der Waals surface area contributed by atoms with Gasteiger partial charge in [0, 0.05) is 33.4 Å². The van der Waals surface area contributed by atoms with Crippen molar-refractivity contribution in [3.63, 3.8) is 0 Å². The summed E-state index contributed by atoms with van der Waals surface area (Å²) in [6.07, 6.45) is 0.896. The second-order valence-corrected chi connectivity index (χ2v) is 5.94. The van der Waals surface area contributed by atoms with Crippen LogP contribution in [0.2, 0.25) is 0 Å². The van der Waals surface area contributed by atoms with Crippen molar-refractivity contribution in [2.24, 2.45) is 10.9 Å². The largest absolute Gasteiger partial charge is 0.381 e. The molecule has 1 aromatic carbocycles. The number of hydrogen-bond donors (Lipinski definition) is 3. The number of nitrogens with one attached hydrogen (secondary N) is 3. The molecule has 0 radical (unpaired) electrons. The van der Waals surface area contributed by atoms with Crippen molar-refractivity contribution >= 4 is 11.9 Å². The fourth-order valence-electron chi connectivity index (χ4n) is 1.94. The van der Waals surface area contributed by atoms with Crippen LogP contribution in [0, 0.1) is 5.92 Å². The first-order valence-corrected chi connectivity index (χ1v) is 8.44. The summed E-state index contributed by atoms with van der Waals surface area (Å²) in [6, 6.07) is 9.83. The van der Waals surface area contributed by atoms with Gasteiger partial charge in [-0.3, -0.25) is 9.79 Å². The number of carbonyl (C=O) groups excluding carboxylic acids is 1. The fourth-order valence-corrected chi connectivity index (χ4v) is 1.94. The van der Waals surface area contributed by atoms with Gasteiger partial charge < -0.3 is 20.7 Å². The maximum absolute atomic E-state index is 11.8. The Bertz CT molecular complexity index is 489. The van der Waals surface area contributed by atoms with Gasteiger partial charge in [-0.1, -0.05) is 44.2 Å². The third-order valence-corrected chi connectivity index (χ3v) is 3.18. The van der Waals surface area contributed by atoms with E-state index in [-0.39, 0.29) is 12.5 Å². The number of guanidine groups is 1. The van der Waals surface area contributed by atoms with Crippen molar-refractivity contribution in [1.29, 1.82) is 0 Å². The summed E-state index contributed by atoms with van der Waals surface area (Å²) >= 11 is 0. The Hall–Kier alpha value is -2.08. The molecule has 0 bridgehead atoms. The topological polar surface area (TPSA) is 74.8 Å². The molecule has 1 aromatic rings. The van der Waals surface area contributed by atoms with E-state index >= 15 is 0 Å². The fraction of sp³-hybridized carbons (Fsp3) is 0.556. The van der Waals surface area contributed by atoms with Gasteiger partial charge in [0.2, 0.25) is 5.91 Å². The third-order valence-electron chi connectivity index (χ3n) is 3.18. The Balaban J connectivity index is 2.11. The lowest BCUT2D eigenvalue weighted by Crippen LogP contribution is -2.43. The molecule has 0 aromatic heterocycles. The highest BCUT2D eigenvalue weighted by molar-refractivity contribution is 5.86. The molecule has 0 heterocycles. The summed E-state index contributed by atoms with van der Waals surface area (Å²) in [7, 11) is 1.69. The predicted molar refractivity (Wildman–Crippen MR) is 97.9 cm³/mol. The predicted octanol–water partition coefficient (Wildman–Crippen LogP) is 1.53. The SMILES string of the molecule is CN=C(NCCCOCC(C)C)NCC(=O)NCc1ccccc1. The van der Waals surface area contributed by atoms with E-state index < -0.39 is 0 Å². The number of nitrogens with zero attached hydrogens (tertiary/aromatic N) is 1. The number of amides is 1. The van der Waals surface area contributed by atoms with Crippen LogP contribution in [0.25, 0.3) is 0 Å². The van der Waals surface area contributed by atoms with E-state index in [1.165, 1.54) is 0 Å². The zero-order chi connectivity index (χ0) is 17.6. The normalized spacial score (nSPS) is 11.4. The first-order chi connectivity index (χ1) is 11.6. The molecule has 24 heavy (non-hydrogen) atoms. The van der Waals surface area contributed by atoms with Crippen molar-refractivity contribution in [3.8, 4) is 0 Å². The maximum atomic E-state index is 11.8. The number of benzene rings is 1. The first kappa shape index (κ1) is 20.0. The molecule has 134 valence electrons. The minimum absolute atomic E-state index is 0.0675. The highest BCUT2D eigenvalue weighted by Gasteiger charge is 2.03. The number of hydrogen-bond acceptors (Lipinski definition) is 3. The van der Waals surface area contributed by atoms with Gasteiger partial charge in [0.05, 0.1) is 6.54 Å². The minimum Gasteiger partial charge on any atom is -0.381 e. The van der Waals surface area contributed by atoms with E-state index in [9.17, 15) is 4.79 Å². The summed E-state index contributed by atoms with van der Waals surface area (Å²) < 4.78 is 5.52. The molecule has 0 unspecified atom stereocenters. The summed E-state index contributed by atoms with van der Waals surface area (Å²) in [4.78, 5) is 15.9. The zero-order valence-electron chi connectivity index (χ0n) is 15.0. The minimum atomic E-state index is -0.0675. The van der Waals surface area contributed by atoms with Gasteiger partial charge in [0.15, 0.2) is 5.96 Å². The van der Waals surface area contributed by atoms with Crippen LogP contribution in [0.5, 0.6) is 0 Å². The van der Waals surface area contributed by atoms with Gasteiger partial charge >= 0.3 is 0 Å². The lowest BCUT2D eigenvalue weighted by atomic mass is 10.2. The molecule has 1 rings (SSSR count). The smallest absolute Gasteiger partial charge is 0.239 e. The highest BCUT2D eigenvalue weighted by atomic mass is 16.5. The molecule has 0 atom stereocenters. The number of rotatable bonds is 10. The number of ether oxygens (including phenoxy) is 1. The highest BCUT2D eigenvalue weighted by Crippen LogP contribution is 1.96. The van der Waals surface area contributed by atoms with Gasteiger partial charge in [-0.15, -0.1) is 0 Å². The van der Waals surface area contributed by atoms with Crippen LogP contribution >= 0.6 is 0 Å². The zero-order valence-corrected chi connectivity index (χ0v) is 15.0. The van der Waals surface area contributed by atoms with Gasteiger partial charge in [-0.25, -0.2) is 0 Å². The van der Waals surface area contributed by atoms with E-state index in [4.69, 9.17) is 4.74 Å². The molecule has 0 aliphatic heterocycles. The van der Waals surface area contributed by atoms with Crippen LogP contribution in [0.3, 0.4) is 0 Å². The van der Waals surface area contributed by atoms with Crippen LogP contribution in [0.15, 0.2) is 35.3 Å². The second-order valence-electron chi connectivity index (χ2n) is 5.94. The quantitative estimate of drug-likeness (QED) is 0.345. The van der Waals surface area contributed by atoms with E-state index in [0.717, 1.165) is 31.7 Å². The van der Waals surface area contributed by atoms with Gasteiger partial charge in [0.25, 0.3) is 0 Å². The Kier molecular flexibility index (Phi) is 10.3. The Morgan fingerprint density at radius 3 is 2.58 bits per heavy atom. The average Bonchev–Trinajstić information content (AvgIpc) is 2.59. The maximum Gasteiger partial charge on any atom is 0.239 e. The molecule has 6 heteroatoms. The third kappa shape index (κ3) is 9.84. The molecule has 0 saturated carbocycles. The molecular weight excluding hydrogens is 304 g/mol.